The maximum absolute atomic E-state index is 11.8. The highest BCUT2D eigenvalue weighted by Gasteiger charge is 2.24. The maximum Gasteiger partial charge on any atom is 0.250 e. The van der Waals surface area contributed by atoms with Crippen LogP contribution in [-0.4, -0.2) is 49.3 Å². The minimum atomic E-state index is -0.286. The zero-order chi connectivity index (χ0) is 10.5. The number of ether oxygens (including phenoxy) is 1. The van der Waals surface area contributed by atoms with E-state index >= 15 is 0 Å². The van der Waals surface area contributed by atoms with Gasteiger partial charge in [-0.1, -0.05) is 0 Å². The Labute approximate surface area is 94.5 Å². The van der Waals surface area contributed by atoms with Crippen molar-refractivity contribution in [2.45, 2.75) is 25.0 Å². The van der Waals surface area contributed by atoms with Crippen LogP contribution in [0.15, 0.2) is 0 Å². The summed E-state index contributed by atoms with van der Waals surface area (Å²) < 4.78 is 5.40. The Morgan fingerprint density at radius 2 is 2.47 bits per heavy atom. The predicted octanol–water partition coefficient (Wildman–Crippen LogP) is -0.0134. The zero-order valence-electron chi connectivity index (χ0n) is 8.83. The van der Waals surface area contributed by atoms with E-state index < -0.39 is 0 Å². The monoisotopic (exact) mass is 230 g/mol. The molecular weight excluding hydrogens is 212 g/mol. The number of nitrogens with one attached hydrogen (secondary N) is 2. The number of carbonyl (C=O) groups is 1. The van der Waals surface area contributed by atoms with E-state index in [0.29, 0.717) is 19.2 Å². The fraction of sp³-hybridized carbons (Fsp3) is 0.900. The summed E-state index contributed by atoms with van der Waals surface area (Å²) in [6, 6.07) is 0.349. The van der Waals surface area contributed by atoms with Gasteiger partial charge in [0.25, 0.3) is 5.91 Å². The van der Waals surface area contributed by atoms with Crippen molar-refractivity contribution in [2.75, 3.05) is 31.2 Å². The lowest BCUT2D eigenvalue weighted by atomic mass is 10.1. The number of thioether (sulfide) groups is 1. The van der Waals surface area contributed by atoms with Gasteiger partial charge in [-0.15, -0.1) is 0 Å². The summed E-state index contributed by atoms with van der Waals surface area (Å²) in [5.41, 5.74) is 0. The molecule has 2 unspecified atom stereocenters. The van der Waals surface area contributed by atoms with E-state index in [4.69, 9.17) is 4.74 Å². The quantitative estimate of drug-likeness (QED) is 0.700. The van der Waals surface area contributed by atoms with Gasteiger partial charge < -0.3 is 15.4 Å². The molecule has 2 rings (SSSR count). The molecule has 15 heavy (non-hydrogen) atoms. The van der Waals surface area contributed by atoms with Crippen LogP contribution in [-0.2, 0) is 9.53 Å². The Kier molecular flexibility index (Phi) is 4.29. The van der Waals surface area contributed by atoms with Crippen LogP contribution in [0.25, 0.3) is 0 Å². The number of morpholine rings is 1. The highest BCUT2D eigenvalue weighted by atomic mass is 32.2. The molecule has 0 spiro atoms. The lowest BCUT2D eigenvalue weighted by Gasteiger charge is -2.27. The van der Waals surface area contributed by atoms with Crippen molar-refractivity contribution < 1.29 is 9.53 Å². The van der Waals surface area contributed by atoms with E-state index in [1.165, 1.54) is 12.2 Å². The molecule has 86 valence electrons. The molecule has 0 aromatic heterocycles. The third-order valence-corrected chi connectivity index (χ3v) is 3.94. The van der Waals surface area contributed by atoms with E-state index in [1.807, 2.05) is 11.8 Å². The second-order valence-corrected chi connectivity index (χ2v) is 5.14. The lowest BCUT2D eigenvalue weighted by molar-refractivity contribution is -0.134. The largest absolute Gasteiger partial charge is 0.366 e. The predicted molar refractivity (Wildman–Crippen MR) is 61.1 cm³/mol. The molecule has 2 heterocycles. The first-order valence-corrected chi connectivity index (χ1v) is 6.72. The highest BCUT2D eigenvalue weighted by Crippen LogP contribution is 2.17. The van der Waals surface area contributed by atoms with E-state index in [-0.39, 0.29) is 12.0 Å². The van der Waals surface area contributed by atoms with Crippen LogP contribution in [0.3, 0.4) is 0 Å². The molecule has 2 aliphatic heterocycles. The van der Waals surface area contributed by atoms with Gasteiger partial charge in [0.05, 0.1) is 6.61 Å². The van der Waals surface area contributed by atoms with Crippen molar-refractivity contribution in [3.05, 3.63) is 0 Å². The molecule has 0 radical (unpaired) electrons. The Balaban J connectivity index is 1.74. The van der Waals surface area contributed by atoms with Gasteiger partial charge in [0, 0.05) is 24.9 Å². The molecule has 4 nitrogen and oxygen atoms in total. The summed E-state index contributed by atoms with van der Waals surface area (Å²) >= 11 is 1.92. The third-order valence-electron chi connectivity index (χ3n) is 2.73. The van der Waals surface area contributed by atoms with Crippen LogP contribution in [0.1, 0.15) is 12.8 Å². The lowest BCUT2D eigenvalue weighted by Crippen LogP contribution is -2.51. The molecule has 0 bridgehead atoms. The van der Waals surface area contributed by atoms with E-state index in [1.54, 1.807) is 0 Å². The first kappa shape index (κ1) is 11.2. The summed E-state index contributed by atoms with van der Waals surface area (Å²) in [6.45, 7) is 2.13. The maximum atomic E-state index is 11.8. The zero-order valence-corrected chi connectivity index (χ0v) is 9.65. The highest BCUT2D eigenvalue weighted by molar-refractivity contribution is 7.99. The molecule has 5 heteroatoms. The van der Waals surface area contributed by atoms with E-state index in [2.05, 4.69) is 10.6 Å². The summed E-state index contributed by atoms with van der Waals surface area (Å²) in [6.07, 6.45) is 2.03. The minimum Gasteiger partial charge on any atom is -0.366 e. The van der Waals surface area contributed by atoms with Crippen molar-refractivity contribution in [1.29, 1.82) is 0 Å². The van der Waals surface area contributed by atoms with E-state index in [0.717, 1.165) is 18.7 Å². The first-order chi connectivity index (χ1) is 7.36. The molecule has 2 aliphatic rings. The van der Waals surface area contributed by atoms with Gasteiger partial charge in [-0.25, -0.2) is 0 Å². The molecule has 0 aliphatic carbocycles. The van der Waals surface area contributed by atoms with Gasteiger partial charge in [0.15, 0.2) is 0 Å². The molecule has 0 aromatic rings. The summed E-state index contributed by atoms with van der Waals surface area (Å²) in [5, 5.41) is 6.23. The van der Waals surface area contributed by atoms with Crippen LogP contribution in [0.4, 0.5) is 0 Å². The number of carbonyl (C=O) groups excluding carboxylic acids is 1. The van der Waals surface area contributed by atoms with Crippen LogP contribution in [0.2, 0.25) is 0 Å². The van der Waals surface area contributed by atoms with Crippen molar-refractivity contribution in [1.82, 2.24) is 10.6 Å². The number of rotatable bonds is 2. The Morgan fingerprint density at radius 1 is 1.53 bits per heavy atom. The number of amides is 1. The molecule has 0 saturated carbocycles. The topological polar surface area (TPSA) is 50.4 Å². The van der Waals surface area contributed by atoms with Crippen molar-refractivity contribution >= 4 is 17.7 Å². The Bertz CT molecular complexity index is 213. The summed E-state index contributed by atoms with van der Waals surface area (Å²) in [7, 11) is 0. The second-order valence-electron chi connectivity index (χ2n) is 3.99. The van der Waals surface area contributed by atoms with Gasteiger partial charge in [-0.2, -0.15) is 11.8 Å². The average molecular weight is 230 g/mol. The van der Waals surface area contributed by atoms with Gasteiger partial charge >= 0.3 is 0 Å². The van der Waals surface area contributed by atoms with Crippen LogP contribution in [0, 0.1) is 0 Å². The molecular formula is C10H18N2O2S. The Morgan fingerprint density at radius 3 is 3.13 bits per heavy atom. The van der Waals surface area contributed by atoms with Crippen molar-refractivity contribution in [3.63, 3.8) is 0 Å². The minimum absolute atomic E-state index is 0.0506. The summed E-state index contributed by atoms with van der Waals surface area (Å²) in [4.78, 5) is 11.8. The van der Waals surface area contributed by atoms with Gasteiger partial charge in [0.2, 0.25) is 0 Å². The third kappa shape index (κ3) is 3.36. The fourth-order valence-corrected chi connectivity index (χ4v) is 2.95. The summed E-state index contributed by atoms with van der Waals surface area (Å²) in [5.74, 6) is 2.33. The fourth-order valence-electron chi connectivity index (χ4n) is 1.88. The Hall–Kier alpha value is -0.260. The molecule has 2 saturated heterocycles. The van der Waals surface area contributed by atoms with Crippen LogP contribution in [0.5, 0.6) is 0 Å². The molecule has 2 atom stereocenters. The number of hydrogen-bond acceptors (Lipinski definition) is 4. The average Bonchev–Trinajstić information content (AvgIpc) is 2.31. The standard InChI is InChI=1S/C10H18N2O2S/c13-10(9-6-11-3-4-14-9)12-8-2-1-5-15-7-8/h8-9,11H,1-7H2,(H,12,13). The molecule has 2 fully saturated rings. The SMILES string of the molecule is O=C(NC1CCCSC1)C1CNCCO1. The van der Waals surface area contributed by atoms with Crippen molar-refractivity contribution in [3.8, 4) is 0 Å². The smallest absolute Gasteiger partial charge is 0.250 e. The molecule has 2 N–H and O–H groups in total. The number of hydrogen-bond donors (Lipinski definition) is 2. The van der Waals surface area contributed by atoms with Crippen LogP contribution >= 0.6 is 11.8 Å². The van der Waals surface area contributed by atoms with Gasteiger partial charge in [0.1, 0.15) is 6.10 Å². The normalized spacial score (nSPS) is 32.3. The first-order valence-electron chi connectivity index (χ1n) is 5.57. The van der Waals surface area contributed by atoms with Gasteiger partial charge in [-0.3, -0.25) is 4.79 Å². The molecule has 1 amide bonds. The molecule has 0 aromatic carbocycles. The van der Waals surface area contributed by atoms with E-state index in [9.17, 15) is 4.79 Å². The second kappa shape index (κ2) is 5.72. The van der Waals surface area contributed by atoms with Gasteiger partial charge in [-0.05, 0) is 18.6 Å². The van der Waals surface area contributed by atoms with Crippen molar-refractivity contribution in [2.24, 2.45) is 0 Å². The van der Waals surface area contributed by atoms with Crippen LogP contribution < -0.4 is 10.6 Å².